The van der Waals surface area contributed by atoms with E-state index in [1.807, 2.05) is 91.0 Å². The molecule has 12 aromatic rings. The lowest BCUT2D eigenvalue weighted by molar-refractivity contribution is 0.669. The molecule has 0 saturated carbocycles. The molecule has 262 valence electrons. The number of rotatable bonds is 5. The summed E-state index contributed by atoms with van der Waals surface area (Å²) in [6, 6.07) is 53.6. The Balaban J connectivity index is 1.03. The van der Waals surface area contributed by atoms with E-state index in [2.05, 4.69) is 77.4 Å². The summed E-state index contributed by atoms with van der Waals surface area (Å²) in [7, 11) is 0. The van der Waals surface area contributed by atoms with Crippen LogP contribution in [-0.4, -0.2) is 4.57 Å². The highest BCUT2D eigenvalue weighted by atomic mass is 16.3. The zero-order chi connectivity index (χ0) is 41.1. The van der Waals surface area contributed by atoms with Crippen LogP contribution in [0.25, 0.3) is 93.3 Å². The number of anilines is 3. The zero-order valence-corrected chi connectivity index (χ0v) is 29.8. The Kier molecular flexibility index (Phi) is 5.61. The summed E-state index contributed by atoms with van der Waals surface area (Å²) in [5.74, 6) is 0. The first-order valence-corrected chi connectivity index (χ1v) is 18.6. The smallest absolute Gasteiger partial charge is 0.143 e. The summed E-state index contributed by atoms with van der Waals surface area (Å²) in [5.41, 5.74) is 9.71. The number of fused-ring (bicyclic) bond motifs is 11. The van der Waals surface area contributed by atoms with Crippen LogP contribution in [-0.2, 0) is 0 Å². The minimum atomic E-state index is -0.440. The lowest BCUT2D eigenvalue weighted by Gasteiger charge is -2.25. The summed E-state index contributed by atoms with van der Waals surface area (Å²) in [5, 5.41) is 8.36. The second kappa shape index (κ2) is 12.0. The molecule has 4 nitrogen and oxygen atoms in total. The molecular weight excluding hydrogens is 685 g/mol. The summed E-state index contributed by atoms with van der Waals surface area (Å²) in [4.78, 5) is 1.74. The predicted octanol–water partition coefficient (Wildman–Crippen LogP) is 14.9. The van der Waals surface area contributed by atoms with Gasteiger partial charge in [0.25, 0.3) is 0 Å². The number of nitrogens with zero attached hydrogens (tertiary/aromatic N) is 2. The van der Waals surface area contributed by atoms with Gasteiger partial charge >= 0.3 is 0 Å². The van der Waals surface area contributed by atoms with Gasteiger partial charge in [0.05, 0.1) is 17.9 Å². The van der Waals surface area contributed by atoms with Crippen molar-refractivity contribution in [3.05, 3.63) is 194 Å². The number of aromatic nitrogens is 1. The standard InChI is InChI=1S/C52H32N2O2/c1-3-11-36(12-4-1)53(39-25-28-51-46(31-39)41-16-8-9-17-49(41)55-51)38-23-19-33(20-24-38)34-22-27-47-44(29-34)45-30-35-21-26-42-40-15-7-10-18-50(40)56-52(42)43(35)32-48(45)54(47)37-13-5-2-6-14-37/h1-32H/i1D,3D,4D,11D,12D. The largest absolute Gasteiger partial charge is 0.456 e. The third-order valence-corrected chi connectivity index (χ3v) is 11.0. The summed E-state index contributed by atoms with van der Waals surface area (Å²) >= 11 is 0. The average Bonchev–Trinajstić information content (AvgIpc) is 3.98. The van der Waals surface area contributed by atoms with E-state index < -0.39 is 18.1 Å². The quantitative estimate of drug-likeness (QED) is 0.177. The fourth-order valence-corrected chi connectivity index (χ4v) is 8.47. The van der Waals surface area contributed by atoms with Crippen LogP contribution >= 0.6 is 0 Å². The minimum Gasteiger partial charge on any atom is -0.456 e. The lowest BCUT2D eigenvalue weighted by atomic mass is 10.00. The monoisotopic (exact) mass is 721 g/mol. The maximum absolute atomic E-state index is 8.99. The van der Waals surface area contributed by atoms with Crippen molar-refractivity contribution in [3.63, 3.8) is 0 Å². The van der Waals surface area contributed by atoms with E-state index in [0.717, 1.165) is 87.7 Å². The fourth-order valence-electron chi connectivity index (χ4n) is 8.47. The van der Waals surface area contributed by atoms with E-state index >= 15 is 0 Å². The minimum absolute atomic E-state index is 0.0631. The fraction of sp³-hybridized carbons (Fsp3) is 0. The molecule has 3 heterocycles. The van der Waals surface area contributed by atoms with Crippen molar-refractivity contribution in [2.45, 2.75) is 0 Å². The molecule has 0 fully saturated rings. The van der Waals surface area contributed by atoms with Gasteiger partial charge in [-0.05, 0) is 114 Å². The molecule has 12 rings (SSSR count). The molecule has 0 aliphatic rings. The van der Waals surface area contributed by atoms with Crippen molar-refractivity contribution in [2.24, 2.45) is 0 Å². The molecule has 9 aromatic carbocycles. The zero-order valence-electron chi connectivity index (χ0n) is 34.8. The van der Waals surface area contributed by atoms with E-state index in [0.29, 0.717) is 17.0 Å². The van der Waals surface area contributed by atoms with Crippen molar-refractivity contribution in [2.75, 3.05) is 4.90 Å². The number of benzene rings is 9. The summed E-state index contributed by atoms with van der Waals surface area (Å²) < 4.78 is 58.3. The molecule has 0 atom stereocenters. The van der Waals surface area contributed by atoms with Gasteiger partial charge in [0.1, 0.15) is 22.3 Å². The molecule has 0 aliphatic heterocycles. The van der Waals surface area contributed by atoms with Crippen molar-refractivity contribution in [1.82, 2.24) is 4.57 Å². The molecule has 0 saturated heterocycles. The molecule has 0 aliphatic carbocycles. The number of hydrogen-bond acceptors (Lipinski definition) is 3. The number of furan rings is 2. The lowest BCUT2D eigenvalue weighted by Crippen LogP contribution is -2.09. The molecule has 0 radical (unpaired) electrons. The first-order valence-electron chi connectivity index (χ1n) is 21.1. The van der Waals surface area contributed by atoms with Crippen LogP contribution in [0, 0.1) is 0 Å². The molecule has 0 bridgehead atoms. The van der Waals surface area contributed by atoms with Gasteiger partial charge in [-0.25, -0.2) is 0 Å². The maximum atomic E-state index is 8.99. The van der Waals surface area contributed by atoms with Gasteiger partial charge in [0, 0.05) is 60.5 Å². The van der Waals surface area contributed by atoms with Crippen molar-refractivity contribution in [3.8, 4) is 16.8 Å². The van der Waals surface area contributed by atoms with Gasteiger partial charge in [-0.2, -0.15) is 0 Å². The third-order valence-electron chi connectivity index (χ3n) is 11.0. The first-order chi connectivity index (χ1) is 29.8. The Morgan fingerprint density at radius 1 is 0.411 bits per heavy atom. The Morgan fingerprint density at radius 2 is 1.09 bits per heavy atom. The highest BCUT2D eigenvalue weighted by Crippen LogP contribution is 2.42. The SMILES string of the molecule is [2H]c1c([2H])c([2H])c(N(c2ccc(-c3ccc4c(c3)c3cc5ccc6c7ccccc7oc6c5cc3n4-c3ccccc3)cc2)c2ccc3oc4ccccc4c3c2)c([2H])c1[2H]. The van der Waals surface area contributed by atoms with Crippen LogP contribution in [0.3, 0.4) is 0 Å². The van der Waals surface area contributed by atoms with Crippen LogP contribution in [0.1, 0.15) is 6.85 Å². The highest BCUT2D eigenvalue weighted by Gasteiger charge is 2.19. The normalized spacial score (nSPS) is 13.2. The van der Waals surface area contributed by atoms with Crippen LogP contribution in [0.2, 0.25) is 0 Å². The summed E-state index contributed by atoms with van der Waals surface area (Å²) in [6.07, 6.45) is 0. The Labute approximate surface area is 328 Å². The average molecular weight is 722 g/mol. The molecule has 0 spiro atoms. The second-order valence-electron chi connectivity index (χ2n) is 14.2. The summed E-state index contributed by atoms with van der Waals surface area (Å²) in [6.45, 7) is 0. The van der Waals surface area contributed by atoms with E-state index in [9.17, 15) is 0 Å². The molecule has 4 heteroatoms. The van der Waals surface area contributed by atoms with E-state index in [1.54, 1.807) is 4.90 Å². The second-order valence-corrected chi connectivity index (χ2v) is 14.2. The molecule has 56 heavy (non-hydrogen) atoms. The van der Waals surface area contributed by atoms with E-state index in [1.165, 1.54) is 0 Å². The first kappa shape index (κ1) is 26.3. The van der Waals surface area contributed by atoms with Crippen LogP contribution in [0.4, 0.5) is 17.1 Å². The topological polar surface area (TPSA) is 34.5 Å². The van der Waals surface area contributed by atoms with Gasteiger partial charge in [0.15, 0.2) is 0 Å². The highest BCUT2D eigenvalue weighted by molar-refractivity contribution is 6.21. The molecule has 3 aromatic heterocycles. The predicted molar refractivity (Wildman–Crippen MR) is 233 cm³/mol. The Bertz CT molecular complexity index is 3750. The van der Waals surface area contributed by atoms with Crippen LogP contribution in [0.5, 0.6) is 0 Å². The van der Waals surface area contributed by atoms with Gasteiger partial charge in [0.2, 0.25) is 0 Å². The third kappa shape index (κ3) is 4.66. The molecule has 0 amide bonds. The van der Waals surface area contributed by atoms with Crippen molar-refractivity contribution >= 4 is 93.5 Å². The van der Waals surface area contributed by atoms with Gasteiger partial charge in [-0.1, -0.05) is 97.0 Å². The maximum Gasteiger partial charge on any atom is 0.143 e. The molecule has 0 unspecified atom stereocenters. The van der Waals surface area contributed by atoms with Crippen molar-refractivity contribution < 1.29 is 15.7 Å². The van der Waals surface area contributed by atoms with Crippen LogP contribution < -0.4 is 4.90 Å². The van der Waals surface area contributed by atoms with Gasteiger partial charge < -0.3 is 18.3 Å². The molecule has 0 N–H and O–H groups in total. The number of para-hydroxylation sites is 4. The number of hydrogen-bond donors (Lipinski definition) is 0. The van der Waals surface area contributed by atoms with E-state index in [-0.39, 0.29) is 17.8 Å². The van der Waals surface area contributed by atoms with E-state index in [4.69, 9.17) is 15.7 Å². The van der Waals surface area contributed by atoms with Gasteiger partial charge in [-0.15, -0.1) is 0 Å². The Morgan fingerprint density at radius 3 is 1.91 bits per heavy atom. The Hall–Kier alpha value is -7.56. The van der Waals surface area contributed by atoms with Crippen molar-refractivity contribution in [1.29, 1.82) is 0 Å². The van der Waals surface area contributed by atoms with Gasteiger partial charge in [-0.3, -0.25) is 0 Å². The van der Waals surface area contributed by atoms with Crippen LogP contribution in [0.15, 0.2) is 203 Å². The molecular formula is C52H32N2O2.